The molecule has 2 rings (SSSR count). The molecule has 7 heteroatoms. The summed E-state index contributed by atoms with van der Waals surface area (Å²) in [6.07, 6.45) is 1.43. The second-order valence-electron chi connectivity index (χ2n) is 4.45. The molecule has 0 aliphatic carbocycles. The molecule has 3 N–H and O–H groups in total. The van der Waals surface area contributed by atoms with Crippen molar-refractivity contribution in [3.05, 3.63) is 46.6 Å². The molecule has 0 radical (unpaired) electrons. The zero-order chi connectivity index (χ0) is 14.9. The number of sulfonamides is 1. The number of rotatable bonds is 3. The molecule has 106 valence electrons. The Morgan fingerprint density at radius 3 is 2.35 bits per heavy atom. The van der Waals surface area contributed by atoms with E-state index in [1.165, 1.54) is 12.3 Å². The quantitative estimate of drug-likeness (QED) is 0.853. The lowest BCUT2D eigenvalue weighted by atomic mass is 10.1. The number of aromatic nitrogens is 1. The van der Waals surface area contributed by atoms with E-state index in [9.17, 15) is 8.42 Å². The first-order valence-electron chi connectivity index (χ1n) is 5.81. The lowest BCUT2D eigenvalue weighted by molar-refractivity contribution is 0.600. The summed E-state index contributed by atoms with van der Waals surface area (Å²) in [4.78, 5) is 4.13. The minimum Gasteiger partial charge on any atom is -0.399 e. The third-order valence-corrected chi connectivity index (χ3v) is 4.61. The van der Waals surface area contributed by atoms with Crippen molar-refractivity contribution in [2.45, 2.75) is 18.7 Å². The van der Waals surface area contributed by atoms with Gasteiger partial charge in [0.15, 0.2) is 0 Å². The number of nitrogens with two attached hydrogens (primary N) is 1. The third-order valence-electron chi connectivity index (χ3n) is 2.71. The van der Waals surface area contributed by atoms with Crippen LogP contribution in [0.5, 0.6) is 0 Å². The molecular formula is C13H14ClN3O2S. The summed E-state index contributed by atoms with van der Waals surface area (Å²) in [6.45, 7) is 3.40. The molecule has 1 aromatic carbocycles. The van der Waals surface area contributed by atoms with Crippen LogP contribution >= 0.6 is 11.6 Å². The summed E-state index contributed by atoms with van der Waals surface area (Å²) >= 11 is 5.81. The summed E-state index contributed by atoms with van der Waals surface area (Å²) in [6, 6.07) is 6.25. The summed E-state index contributed by atoms with van der Waals surface area (Å²) in [5.74, 6) is 0.174. The number of anilines is 2. The van der Waals surface area contributed by atoms with Gasteiger partial charge < -0.3 is 5.73 Å². The van der Waals surface area contributed by atoms with E-state index in [-0.39, 0.29) is 10.7 Å². The van der Waals surface area contributed by atoms with Crippen molar-refractivity contribution in [3.8, 4) is 0 Å². The Hall–Kier alpha value is -1.79. The highest BCUT2D eigenvalue weighted by Crippen LogP contribution is 2.25. The summed E-state index contributed by atoms with van der Waals surface area (Å²) < 4.78 is 27.3. The second kappa shape index (κ2) is 5.30. The molecule has 2 aromatic rings. The highest BCUT2D eigenvalue weighted by molar-refractivity contribution is 7.92. The number of pyridine rings is 1. The van der Waals surface area contributed by atoms with Crippen molar-refractivity contribution in [2.75, 3.05) is 10.5 Å². The Kier molecular flexibility index (Phi) is 3.87. The minimum absolute atomic E-state index is 0.174. The van der Waals surface area contributed by atoms with E-state index < -0.39 is 10.0 Å². The van der Waals surface area contributed by atoms with E-state index in [1.54, 1.807) is 32.0 Å². The number of nitrogens with zero attached hydrogens (tertiary/aromatic N) is 1. The molecule has 0 aliphatic rings. The molecule has 0 atom stereocenters. The van der Waals surface area contributed by atoms with Gasteiger partial charge in [-0.05, 0) is 43.2 Å². The van der Waals surface area contributed by atoms with Crippen molar-refractivity contribution in [1.82, 2.24) is 4.98 Å². The molecule has 1 heterocycles. The predicted octanol–water partition coefficient (Wildman–Crippen LogP) is 2.73. The molecule has 0 aliphatic heterocycles. The monoisotopic (exact) mass is 311 g/mol. The SMILES string of the molecule is Cc1cc(N)cc(C)c1S(=O)(=O)Nc1cc(Cl)ccn1. The maximum Gasteiger partial charge on any atom is 0.263 e. The fraction of sp³-hybridized carbons (Fsp3) is 0.154. The van der Waals surface area contributed by atoms with Crippen LogP contribution in [-0.4, -0.2) is 13.4 Å². The lowest BCUT2D eigenvalue weighted by Crippen LogP contribution is -2.16. The Bertz CT molecular complexity index is 737. The van der Waals surface area contributed by atoms with Gasteiger partial charge in [-0.25, -0.2) is 13.4 Å². The van der Waals surface area contributed by atoms with Crippen LogP contribution in [0.1, 0.15) is 11.1 Å². The van der Waals surface area contributed by atoms with E-state index >= 15 is 0 Å². The minimum atomic E-state index is -3.73. The van der Waals surface area contributed by atoms with Gasteiger partial charge in [0.2, 0.25) is 0 Å². The normalized spacial score (nSPS) is 11.3. The van der Waals surface area contributed by atoms with E-state index in [0.29, 0.717) is 21.8 Å². The fourth-order valence-electron chi connectivity index (χ4n) is 2.06. The summed E-state index contributed by atoms with van der Waals surface area (Å²) in [7, 11) is -3.73. The van der Waals surface area contributed by atoms with Crippen LogP contribution < -0.4 is 10.5 Å². The van der Waals surface area contributed by atoms with Gasteiger partial charge in [0, 0.05) is 23.0 Å². The van der Waals surface area contributed by atoms with Gasteiger partial charge in [0.1, 0.15) is 5.82 Å². The highest BCUT2D eigenvalue weighted by Gasteiger charge is 2.20. The Morgan fingerprint density at radius 2 is 1.80 bits per heavy atom. The van der Waals surface area contributed by atoms with Gasteiger partial charge >= 0.3 is 0 Å². The van der Waals surface area contributed by atoms with Crippen LogP contribution in [-0.2, 0) is 10.0 Å². The van der Waals surface area contributed by atoms with Crippen molar-refractivity contribution in [2.24, 2.45) is 0 Å². The number of hydrogen-bond acceptors (Lipinski definition) is 4. The summed E-state index contributed by atoms with van der Waals surface area (Å²) in [5.41, 5.74) is 7.39. The lowest BCUT2D eigenvalue weighted by Gasteiger charge is -2.13. The van der Waals surface area contributed by atoms with Gasteiger partial charge in [0.05, 0.1) is 4.90 Å². The van der Waals surface area contributed by atoms with Gasteiger partial charge in [-0.15, -0.1) is 0 Å². The first-order valence-corrected chi connectivity index (χ1v) is 7.67. The van der Waals surface area contributed by atoms with Crippen molar-refractivity contribution in [3.63, 3.8) is 0 Å². The largest absolute Gasteiger partial charge is 0.399 e. The average molecular weight is 312 g/mol. The standard InChI is InChI=1S/C13H14ClN3O2S/c1-8-5-11(15)6-9(2)13(8)20(18,19)17-12-7-10(14)3-4-16-12/h3-7H,15H2,1-2H3,(H,16,17). The van der Waals surface area contributed by atoms with Crippen molar-refractivity contribution >= 4 is 33.1 Å². The van der Waals surface area contributed by atoms with Crippen LogP contribution in [0.4, 0.5) is 11.5 Å². The smallest absolute Gasteiger partial charge is 0.263 e. The molecule has 0 bridgehead atoms. The van der Waals surface area contributed by atoms with Gasteiger partial charge in [0.25, 0.3) is 10.0 Å². The Labute approximate surface area is 122 Å². The zero-order valence-corrected chi connectivity index (χ0v) is 12.6. The molecule has 0 saturated carbocycles. The van der Waals surface area contributed by atoms with Gasteiger partial charge in [-0.2, -0.15) is 0 Å². The first-order chi connectivity index (χ1) is 9.29. The van der Waals surface area contributed by atoms with E-state index in [1.807, 2.05) is 0 Å². The topological polar surface area (TPSA) is 85.1 Å². The zero-order valence-electron chi connectivity index (χ0n) is 11.0. The summed E-state index contributed by atoms with van der Waals surface area (Å²) in [5, 5.41) is 0.406. The second-order valence-corrected chi connectivity index (χ2v) is 6.50. The molecule has 20 heavy (non-hydrogen) atoms. The number of nitrogen functional groups attached to an aromatic ring is 1. The van der Waals surface area contributed by atoms with E-state index in [0.717, 1.165) is 0 Å². The fourth-order valence-corrected chi connectivity index (χ4v) is 3.67. The molecule has 0 spiro atoms. The Balaban J connectivity index is 2.46. The van der Waals surface area contributed by atoms with Crippen LogP contribution in [0.3, 0.4) is 0 Å². The number of nitrogens with one attached hydrogen (secondary N) is 1. The maximum atomic E-state index is 12.4. The number of halogens is 1. The highest BCUT2D eigenvalue weighted by atomic mass is 35.5. The number of hydrogen-bond donors (Lipinski definition) is 2. The molecule has 0 fully saturated rings. The van der Waals surface area contributed by atoms with Crippen LogP contribution in [0.2, 0.25) is 5.02 Å². The molecule has 0 unspecified atom stereocenters. The van der Waals surface area contributed by atoms with Crippen LogP contribution in [0.25, 0.3) is 0 Å². The van der Waals surface area contributed by atoms with Crippen molar-refractivity contribution in [1.29, 1.82) is 0 Å². The molecule has 0 amide bonds. The van der Waals surface area contributed by atoms with Crippen LogP contribution in [0.15, 0.2) is 35.4 Å². The van der Waals surface area contributed by atoms with Crippen LogP contribution in [0, 0.1) is 13.8 Å². The average Bonchev–Trinajstić information content (AvgIpc) is 2.25. The number of aryl methyl sites for hydroxylation is 2. The first kappa shape index (κ1) is 14.6. The predicted molar refractivity (Wildman–Crippen MR) is 80.4 cm³/mol. The van der Waals surface area contributed by atoms with E-state index in [4.69, 9.17) is 17.3 Å². The Morgan fingerprint density at radius 1 is 1.20 bits per heavy atom. The molecular weight excluding hydrogens is 298 g/mol. The van der Waals surface area contributed by atoms with Crippen molar-refractivity contribution < 1.29 is 8.42 Å². The third kappa shape index (κ3) is 3.02. The molecule has 0 saturated heterocycles. The number of benzene rings is 1. The van der Waals surface area contributed by atoms with Gasteiger partial charge in [-0.1, -0.05) is 11.6 Å². The van der Waals surface area contributed by atoms with Gasteiger partial charge in [-0.3, -0.25) is 4.72 Å². The van der Waals surface area contributed by atoms with E-state index in [2.05, 4.69) is 9.71 Å². The maximum absolute atomic E-state index is 12.4. The molecule has 5 nitrogen and oxygen atoms in total. The molecule has 1 aromatic heterocycles.